The molecule has 2 aromatic rings. The molecule has 152 valence electrons. The Labute approximate surface area is 163 Å². The Morgan fingerprint density at radius 1 is 1.00 bits per heavy atom. The number of anilines is 1. The minimum Gasteiger partial charge on any atom is -0.445 e. The van der Waals surface area contributed by atoms with Crippen molar-refractivity contribution in [1.82, 2.24) is 4.98 Å². The number of aliphatic hydroxyl groups is 4. The SMILES string of the molecule is CCc1ccc(Cc2ccc(N)nc2O[C@@H]2O[C@H](CO)[C@@H](O)[C@H](O)[C@H]2O)cc1. The Balaban J connectivity index is 1.82. The van der Waals surface area contributed by atoms with Crippen molar-refractivity contribution < 1.29 is 29.9 Å². The minimum absolute atomic E-state index is 0.156. The molecule has 5 atom stereocenters. The number of aliphatic hydroxyl groups excluding tert-OH is 4. The second-order valence-electron chi connectivity index (χ2n) is 6.86. The highest BCUT2D eigenvalue weighted by Gasteiger charge is 2.45. The first-order valence-corrected chi connectivity index (χ1v) is 9.23. The van der Waals surface area contributed by atoms with Gasteiger partial charge in [0.1, 0.15) is 30.2 Å². The largest absolute Gasteiger partial charge is 0.445 e. The van der Waals surface area contributed by atoms with Crippen molar-refractivity contribution in [3.05, 3.63) is 53.1 Å². The van der Waals surface area contributed by atoms with Crippen LogP contribution in [-0.4, -0.2) is 62.7 Å². The van der Waals surface area contributed by atoms with Crippen molar-refractivity contribution in [1.29, 1.82) is 0 Å². The van der Waals surface area contributed by atoms with Gasteiger partial charge in [0.25, 0.3) is 0 Å². The van der Waals surface area contributed by atoms with E-state index >= 15 is 0 Å². The van der Waals surface area contributed by atoms with Gasteiger partial charge in [0.15, 0.2) is 0 Å². The molecule has 0 saturated carbocycles. The van der Waals surface area contributed by atoms with Crippen LogP contribution in [0, 0.1) is 0 Å². The van der Waals surface area contributed by atoms with Crippen LogP contribution >= 0.6 is 0 Å². The van der Waals surface area contributed by atoms with E-state index in [0.717, 1.165) is 17.5 Å². The number of hydrogen-bond acceptors (Lipinski definition) is 8. The van der Waals surface area contributed by atoms with E-state index in [1.807, 2.05) is 12.1 Å². The fourth-order valence-electron chi connectivity index (χ4n) is 3.11. The van der Waals surface area contributed by atoms with Crippen LogP contribution in [-0.2, 0) is 17.6 Å². The Hall–Kier alpha value is -2.23. The van der Waals surface area contributed by atoms with E-state index in [9.17, 15) is 20.4 Å². The van der Waals surface area contributed by atoms with Crippen LogP contribution in [0.15, 0.2) is 36.4 Å². The Kier molecular flexibility index (Phi) is 6.48. The fourth-order valence-corrected chi connectivity index (χ4v) is 3.11. The molecule has 1 aliphatic heterocycles. The van der Waals surface area contributed by atoms with Crippen LogP contribution in [0.4, 0.5) is 5.82 Å². The first kappa shape index (κ1) is 20.5. The van der Waals surface area contributed by atoms with Crippen LogP contribution in [0.2, 0.25) is 0 Å². The molecular formula is C20H26N2O6. The van der Waals surface area contributed by atoms with Gasteiger partial charge in [0.2, 0.25) is 12.2 Å². The fraction of sp³-hybridized carbons (Fsp3) is 0.450. The second-order valence-corrected chi connectivity index (χ2v) is 6.86. The van der Waals surface area contributed by atoms with Crippen molar-refractivity contribution in [3.63, 3.8) is 0 Å². The first-order chi connectivity index (χ1) is 13.4. The number of hydrogen-bond donors (Lipinski definition) is 5. The number of nitrogens with zero attached hydrogens (tertiary/aromatic N) is 1. The zero-order valence-corrected chi connectivity index (χ0v) is 15.6. The smallest absolute Gasteiger partial charge is 0.231 e. The van der Waals surface area contributed by atoms with E-state index < -0.39 is 37.3 Å². The number of rotatable bonds is 6. The van der Waals surface area contributed by atoms with E-state index in [2.05, 4.69) is 24.0 Å². The van der Waals surface area contributed by atoms with Crippen molar-refractivity contribution in [2.45, 2.75) is 50.5 Å². The van der Waals surface area contributed by atoms with Crippen LogP contribution in [0.25, 0.3) is 0 Å². The number of nitrogens with two attached hydrogens (primary N) is 1. The molecule has 3 rings (SSSR count). The zero-order chi connectivity index (χ0) is 20.3. The van der Waals surface area contributed by atoms with Crippen LogP contribution < -0.4 is 10.5 Å². The van der Waals surface area contributed by atoms with Crippen molar-refractivity contribution in [2.24, 2.45) is 0 Å². The van der Waals surface area contributed by atoms with Gasteiger partial charge in [-0.2, -0.15) is 4.98 Å². The number of pyridine rings is 1. The van der Waals surface area contributed by atoms with E-state index in [-0.39, 0.29) is 11.7 Å². The number of benzene rings is 1. The Morgan fingerprint density at radius 3 is 2.32 bits per heavy atom. The monoisotopic (exact) mass is 390 g/mol. The third-order valence-corrected chi connectivity index (χ3v) is 4.86. The third-order valence-electron chi connectivity index (χ3n) is 4.86. The predicted octanol–water partition coefficient (Wildman–Crippen LogP) is -0.00430. The standard InChI is InChI=1S/C20H26N2O6/c1-2-11-3-5-12(6-4-11)9-13-7-8-15(21)22-19(13)28-20-18(26)17(25)16(24)14(10-23)27-20/h3-8,14,16-18,20,23-26H,2,9-10H2,1H3,(H2,21,22)/t14-,16-,17+,18-,20+/m1/s1. The molecule has 1 aliphatic rings. The lowest BCUT2D eigenvalue weighted by molar-refractivity contribution is -0.278. The highest BCUT2D eigenvalue weighted by molar-refractivity contribution is 5.40. The molecule has 8 nitrogen and oxygen atoms in total. The van der Waals surface area contributed by atoms with Crippen molar-refractivity contribution in [2.75, 3.05) is 12.3 Å². The van der Waals surface area contributed by atoms with Gasteiger partial charge in [-0.1, -0.05) is 31.2 Å². The molecule has 1 saturated heterocycles. The van der Waals surface area contributed by atoms with Gasteiger partial charge in [-0.3, -0.25) is 0 Å². The second kappa shape index (κ2) is 8.85. The van der Waals surface area contributed by atoms with Crippen LogP contribution in [0.1, 0.15) is 23.6 Å². The van der Waals surface area contributed by atoms with Gasteiger partial charge in [0, 0.05) is 12.0 Å². The van der Waals surface area contributed by atoms with Gasteiger partial charge in [-0.25, -0.2) is 0 Å². The highest BCUT2D eigenvalue weighted by Crippen LogP contribution is 2.27. The van der Waals surface area contributed by atoms with Crippen LogP contribution in [0.3, 0.4) is 0 Å². The van der Waals surface area contributed by atoms with Crippen LogP contribution in [0.5, 0.6) is 5.88 Å². The lowest BCUT2D eigenvalue weighted by Crippen LogP contribution is -2.60. The van der Waals surface area contributed by atoms with E-state index in [0.29, 0.717) is 6.42 Å². The van der Waals surface area contributed by atoms with Gasteiger partial charge in [0.05, 0.1) is 6.61 Å². The molecule has 2 heterocycles. The maximum atomic E-state index is 10.2. The summed E-state index contributed by atoms with van der Waals surface area (Å²) in [5, 5.41) is 39.3. The average molecular weight is 390 g/mol. The molecule has 0 amide bonds. The van der Waals surface area contributed by atoms with E-state index in [1.54, 1.807) is 12.1 Å². The number of nitrogen functional groups attached to an aromatic ring is 1. The van der Waals surface area contributed by atoms with Gasteiger partial charge >= 0.3 is 0 Å². The summed E-state index contributed by atoms with van der Waals surface area (Å²) in [5.41, 5.74) is 8.77. The molecule has 0 bridgehead atoms. The van der Waals surface area contributed by atoms with Crippen molar-refractivity contribution >= 4 is 5.82 Å². The van der Waals surface area contributed by atoms with Gasteiger partial charge < -0.3 is 35.6 Å². The lowest BCUT2D eigenvalue weighted by Gasteiger charge is -2.39. The summed E-state index contributed by atoms with van der Waals surface area (Å²) in [4.78, 5) is 4.18. The molecule has 1 aromatic carbocycles. The minimum atomic E-state index is -1.53. The Bertz CT molecular complexity index is 783. The van der Waals surface area contributed by atoms with Gasteiger partial charge in [-0.05, 0) is 29.7 Å². The van der Waals surface area contributed by atoms with Crippen molar-refractivity contribution in [3.8, 4) is 5.88 Å². The summed E-state index contributed by atoms with van der Waals surface area (Å²) < 4.78 is 11.1. The lowest BCUT2D eigenvalue weighted by atomic mass is 9.99. The molecule has 0 spiro atoms. The Morgan fingerprint density at radius 2 is 1.68 bits per heavy atom. The zero-order valence-electron chi connectivity index (χ0n) is 15.6. The summed E-state index contributed by atoms with van der Waals surface area (Å²) in [6.45, 7) is 1.55. The molecule has 8 heteroatoms. The number of ether oxygens (including phenoxy) is 2. The summed E-state index contributed by atoms with van der Waals surface area (Å²) in [6.07, 6.45) is -5.40. The topological polar surface area (TPSA) is 138 Å². The highest BCUT2D eigenvalue weighted by atomic mass is 16.7. The maximum absolute atomic E-state index is 10.2. The first-order valence-electron chi connectivity index (χ1n) is 9.23. The molecule has 28 heavy (non-hydrogen) atoms. The van der Waals surface area contributed by atoms with E-state index in [4.69, 9.17) is 15.2 Å². The molecular weight excluding hydrogens is 364 g/mol. The molecule has 6 N–H and O–H groups in total. The molecule has 1 aromatic heterocycles. The molecule has 1 fully saturated rings. The van der Waals surface area contributed by atoms with E-state index in [1.165, 1.54) is 5.56 Å². The summed E-state index contributed by atoms with van der Waals surface area (Å²) in [5.74, 6) is 0.383. The summed E-state index contributed by atoms with van der Waals surface area (Å²) >= 11 is 0. The molecule has 0 aliphatic carbocycles. The average Bonchev–Trinajstić information content (AvgIpc) is 2.71. The van der Waals surface area contributed by atoms with Gasteiger partial charge in [-0.15, -0.1) is 0 Å². The molecule has 0 unspecified atom stereocenters. The predicted molar refractivity (Wildman–Crippen MR) is 102 cm³/mol. The third kappa shape index (κ3) is 4.43. The quantitative estimate of drug-likeness (QED) is 0.464. The number of aryl methyl sites for hydroxylation is 1. The summed E-state index contributed by atoms with van der Waals surface area (Å²) in [7, 11) is 0. The summed E-state index contributed by atoms with van der Waals surface area (Å²) in [6, 6.07) is 11.6. The normalized spacial score (nSPS) is 27.5. The number of aromatic nitrogens is 1. The molecule has 0 radical (unpaired) electrons. The maximum Gasteiger partial charge on any atom is 0.231 e.